The predicted octanol–water partition coefficient (Wildman–Crippen LogP) is -0.0732. The highest BCUT2D eigenvalue weighted by molar-refractivity contribution is 7.89. The molecule has 170 valence electrons. The van der Waals surface area contributed by atoms with Crippen LogP contribution >= 0.6 is 0 Å². The lowest BCUT2D eigenvalue weighted by molar-refractivity contribution is -0.138. The standard InChI is InChI=1S/C20H28N4O6S/c1-2-3-18(25)23(9-8-22-10-12-30-13-11-22)17-14-19(26)24(20(17)27)15-4-6-16(7-5-15)31(21,28)29/h4-7,17H,2-3,8-14H2,1H3,(H2,21,28,29). The number of imide groups is 1. The van der Waals surface area contributed by atoms with Crippen molar-refractivity contribution >= 4 is 33.4 Å². The number of nitrogens with zero attached hydrogens (tertiary/aromatic N) is 3. The molecule has 1 atom stereocenters. The van der Waals surface area contributed by atoms with Gasteiger partial charge in [0, 0.05) is 32.6 Å². The molecule has 0 radical (unpaired) electrons. The van der Waals surface area contributed by atoms with Gasteiger partial charge in [-0.15, -0.1) is 0 Å². The first kappa shape index (κ1) is 23.3. The second-order valence-electron chi connectivity index (χ2n) is 7.62. The van der Waals surface area contributed by atoms with Gasteiger partial charge in [0.15, 0.2) is 0 Å². The van der Waals surface area contributed by atoms with Gasteiger partial charge in [0.2, 0.25) is 21.8 Å². The maximum atomic E-state index is 13.1. The molecular weight excluding hydrogens is 424 g/mol. The number of rotatable bonds is 8. The molecule has 0 bridgehead atoms. The quantitative estimate of drug-likeness (QED) is 0.546. The van der Waals surface area contributed by atoms with Crippen molar-refractivity contribution in [3.63, 3.8) is 0 Å². The third-order valence-electron chi connectivity index (χ3n) is 5.47. The summed E-state index contributed by atoms with van der Waals surface area (Å²) in [7, 11) is -3.88. The highest BCUT2D eigenvalue weighted by Gasteiger charge is 2.44. The van der Waals surface area contributed by atoms with Gasteiger partial charge in [-0.1, -0.05) is 6.92 Å². The molecule has 1 aromatic rings. The molecule has 2 saturated heterocycles. The number of sulfonamides is 1. The average molecular weight is 453 g/mol. The molecule has 2 aliphatic rings. The van der Waals surface area contributed by atoms with Gasteiger partial charge in [-0.2, -0.15) is 0 Å². The number of carbonyl (C=O) groups is 3. The SMILES string of the molecule is CCCC(=O)N(CCN1CCOCC1)C1CC(=O)N(c2ccc(S(N)(=O)=O)cc2)C1=O. The zero-order valence-electron chi connectivity index (χ0n) is 17.5. The van der Waals surface area contributed by atoms with E-state index in [4.69, 9.17) is 9.88 Å². The molecular formula is C20H28N4O6S. The third kappa shape index (κ3) is 5.48. The second-order valence-corrected chi connectivity index (χ2v) is 9.18. The van der Waals surface area contributed by atoms with Gasteiger partial charge in [0.05, 0.1) is 30.2 Å². The number of hydrogen-bond acceptors (Lipinski definition) is 7. The Hall–Kier alpha value is -2.34. The molecule has 0 aliphatic carbocycles. The van der Waals surface area contributed by atoms with E-state index < -0.39 is 27.9 Å². The van der Waals surface area contributed by atoms with E-state index in [9.17, 15) is 22.8 Å². The predicted molar refractivity (Wildman–Crippen MR) is 113 cm³/mol. The van der Waals surface area contributed by atoms with Gasteiger partial charge in [-0.05, 0) is 30.7 Å². The second kappa shape index (κ2) is 9.86. The summed E-state index contributed by atoms with van der Waals surface area (Å²) in [6.07, 6.45) is 0.832. The van der Waals surface area contributed by atoms with Crippen LogP contribution in [0, 0.1) is 0 Å². The number of morpholine rings is 1. The van der Waals surface area contributed by atoms with Crippen molar-refractivity contribution in [1.29, 1.82) is 0 Å². The number of carbonyl (C=O) groups excluding carboxylic acids is 3. The van der Waals surface area contributed by atoms with Crippen molar-refractivity contribution in [2.24, 2.45) is 5.14 Å². The van der Waals surface area contributed by atoms with Crippen molar-refractivity contribution in [2.75, 3.05) is 44.3 Å². The maximum absolute atomic E-state index is 13.1. The minimum Gasteiger partial charge on any atom is -0.379 e. The number of primary sulfonamides is 1. The average Bonchev–Trinajstić information content (AvgIpc) is 3.02. The molecule has 10 nitrogen and oxygen atoms in total. The summed E-state index contributed by atoms with van der Waals surface area (Å²) in [5, 5.41) is 5.10. The molecule has 31 heavy (non-hydrogen) atoms. The van der Waals surface area contributed by atoms with Crippen molar-refractivity contribution in [1.82, 2.24) is 9.80 Å². The van der Waals surface area contributed by atoms with E-state index in [2.05, 4.69) is 4.90 Å². The first-order chi connectivity index (χ1) is 14.7. The van der Waals surface area contributed by atoms with Crippen LogP contribution in [0.15, 0.2) is 29.2 Å². The largest absolute Gasteiger partial charge is 0.379 e. The number of nitrogens with two attached hydrogens (primary N) is 1. The summed E-state index contributed by atoms with van der Waals surface area (Å²) >= 11 is 0. The van der Waals surface area contributed by atoms with E-state index in [0.29, 0.717) is 39.1 Å². The van der Waals surface area contributed by atoms with Gasteiger partial charge in [-0.3, -0.25) is 19.3 Å². The van der Waals surface area contributed by atoms with Crippen LogP contribution < -0.4 is 10.0 Å². The molecule has 2 aliphatic heterocycles. The van der Waals surface area contributed by atoms with Gasteiger partial charge < -0.3 is 9.64 Å². The van der Waals surface area contributed by atoms with Gasteiger partial charge in [0.1, 0.15) is 6.04 Å². The zero-order valence-corrected chi connectivity index (χ0v) is 18.3. The third-order valence-corrected chi connectivity index (χ3v) is 6.40. The van der Waals surface area contributed by atoms with Crippen LogP contribution in [0.3, 0.4) is 0 Å². The van der Waals surface area contributed by atoms with E-state index in [1.807, 2.05) is 6.92 Å². The normalized spacial score (nSPS) is 20.3. The Morgan fingerprint density at radius 2 is 1.84 bits per heavy atom. The fraction of sp³-hybridized carbons (Fsp3) is 0.550. The summed E-state index contributed by atoms with van der Waals surface area (Å²) in [6, 6.07) is 4.35. The Kier molecular flexibility index (Phi) is 7.42. The number of anilines is 1. The maximum Gasteiger partial charge on any atom is 0.257 e. The highest BCUT2D eigenvalue weighted by Crippen LogP contribution is 2.27. The summed E-state index contributed by atoms with van der Waals surface area (Å²) in [5.41, 5.74) is 0.251. The minimum atomic E-state index is -3.88. The number of amides is 3. The monoisotopic (exact) mass is 452 g/mol. The molecule has 1 unspecified atom stereocenters. The Bertz CT molecular complexity index is 927. The lowest BCUT2D eigenvalue weighted by Gasteiger charge is -2.32. The number of hydrogen-bond donors (Lipinski definition) is 1. The fourth-order valence-corrected chi connectivity index (χ4v) is 4.32. The van der Waals surface area contributed by atoms with Crippen molar-refractivity contribution in [3.8, 4) is 0 Å². The summed E-state index contributed by atoms with van der Waals surface area (Å²) in [4.78, 5) is 43.2. The lowest BCUT2D eigenvalue weighted by Crippen LogP contribution is -2.49. The topological polar surface area (TPSA) is 130 Å². The van der Waals surface area contributed by atoms with Crippen molar-refractivity contribution in [2.45, 2.75) is 37.1 Å². The summed E-state index contributed by atoms with van der Waals surface area (Å²) in [5.74, 6) is -1.08. The van der Waals surface area contributed by atoms with E-state index in [-0.39, 0.29) is 22.9 Å². The smallest absolute Gasteiger partial charge is 0.257 e. The minimum absolute atomic E-state index is 0.103. The number of benzene rings is 1. The van der Waals surface area contributed by atoms with E-state index in [0.717, 1.165) is 18.0 Å². The van der Waals surface area contributed by atoms with Crippen LogP contribution in [-0.4, -0.2) is 81.4 Å². The lowest BCUT2D eigenvalue weighted by atomic mass is 10.1. The molecule has 0 saturated carbocycles. The molecule has 2 fully saturated rings. The molecule has 0 aromatic heterocycles. The Balaban J connectivity index is 1.77. The highest BCUT2D eigenvalue weighted by atomic mass is 32.2. The van der Waals surface area contributed by atoms with Crippen LogP contribution in [0.5, 0.6) is 0 Å². The molecule has 11 heteroatoms. The molecule has 3 amide bonds. The first-order valence-corrected chi connectivity index (χ1v) is 11.9. The van der Waals surface area contributed by atoms with Crippen LogP contribution in [0.25, 0.3) is 0 Å². The van der Waals surface area contributed by atoms with Crippen molar-refractivity contribution in [3.05, 3.63) is 24.3 Å². The molecule has 2 heterocycles. The van der Waals surface area contributed by atoms with Crippen LogP contribution in [0.1, 0.15) is 26.2 Å². The van der Waals surface area contributed by atoms with Gasteiger partial charge in [-0.25, -0.2) is 18.5 Å². The van der Waals surface area contributed by atoms with Gasteiger partial charge >= 0.3 is 0 Å². The van der Waals surface area contributed by atoms with Crippen LogP contribution in [0.4, 0.5) is 5.69 Å². The number of ether oxygens (including phenoxy) is 1. The Labute approximate surface area is 182 Å². The Morgan fingerprint density at radius 3 is 2.42 bits per heavy atom. The Morgan fingerprint density at radius 1 is 1.19 bits per heavy atom. The van der Waals surface area contributed by atoms with Crippen molar-refractivity contribution < 1.29 is 27.5 Å². The molecule has 3 rings (SSSR count). The van der Waals surface area contributed by atoms with Crippen LogP contribution in [-0.2, 0) is 29.1 Å². The van der Waals surface area contributed by atoms with Crippen LogP contribution in [0.2, 0.25) is 0 Å². The molecule has 0 spiro atoms. The first-order valence-electron chi connectivity index (χ1n) is 10.3. The van der Waals surface area contributed by atoms with E-state index >= 15 is 0 Å². The van der Waals surface area contributed by atoms with E-state index in [1.54, 1.807) is 0 Å². The summed E-state index contributed by atoms with van der Waals surface area (Å²) in [6.45, 7) is 5.61. The molecule has 1 aromatic carbocycles. The zero-order chi connectivity index (χ0) is 22.6. The van der Waals surface area contributed by atoms with E-state index in [1.165, 1.54) is 29.2 Å². The fourth-order valence-electron chi connectivity index (χ4n) is 3.80. The molecule has 2 N–H and O–H groups in total. The van der Waals surface area contributed by atoms with Gasteiger partial charge in [0.25, 0.3) is 5.91 Å². The summed E-state index contributed by atoms with van der Waals surface area (Å²) < 4.78 is 28.2.